The van der Waals surface area contributed by atoms with E-state index in [4.69, 9.17) is 0 Å². The van der Waals surface area contributed by atoms with Crippen molar-refractivity contribution in [1.29, 1.82) is 0 Å². The molecule has 2 rings (SSSR count). The van der Waals surface area contributed by atoms with Gasteiger partial charge in [-0.15, -0.1) is 5.10 Å². The molecule has 0 aromatic carbocycles. The van der Waals surface area contributed by atoms with E-state index in [1.165, 1.54) is 11.4 Å². The molecule has 0 aliphatic carbocycles. The number of aryl methyl sites for hydroxylation is 2. The Labute approximate surface area is 96.1 Å². The van der Waals surface area contributed by atoms with Crippen LogP contribution in [0.4, 0.5) is 0 Å². The third kappa shape index (κ3) is 1.85. The summed E-state index contributed by atoms with van der Waals surface area (Å²) in [6.45, 7) is 8.39. The molecule has 0 spiro atoms. The van der Waals surface area contributed by atoms with E-state index in [0.717, 1.165) is 11.5 Å². The Morgan fingerprint density at radius 1 is 0.938 bits per heavy atom. The summed E-state index contributed by atoms with van der Waals surface area (Å²) in [6.07, 6.45) is 0. The molecule has 2 aromatic heterocycles. The molecule has 0 radical (unpaired) electrons. The number of hydrogen-bond acceptors (Lipinski definition) is 2. The van der Waals surface area contributed by atoms with Gasteiger partial charge in [0, 0.05) is 11.4 Å². The van der Waals surface area contributed by atoms with E-state index < -0.39 is 0 Å². The lowest BCUT2D eigenvalue weighted by atomic mass is 10.1. The van der Waals surface area contributed by atoms with Gasteiger partial charge in [0.2, 0.25) is 0 Å². The lowest BCUT2D eigenvalue weighted by Gasteiger charge is -2.09. The van der Waals surface area contributed by atoms with Gasteiger partial charge in [-0.2, -0.15) is 5.10 Å². The van der Waals surface area contributed by atoms with Crippen molar-refractivity contribution in [2.24, 2.45) is 0 Å². The van der Waals surface area contributed by atoms with Crippen LogP contribution in [0.15, 0.2) is 24.3 Å². The molecular formula is C13H17N3. The van der Waals surface area contributed by atoms with Crippen molar-refractivity contribution < 1.29 is 0 Å². The van der Waals surface area contributed by atoms with Gasteiger partial charge in [-0.3, -0.25) is 0 Å². The third-order valence-electron chi connectivity index (χ3n) is 2.76. The standard InChI is InChI=1S/C13H17N3/c1-9(2)12-7-8-13(15-14-12)16-10(3)5-6-11(16)4/h5-9H,1-4H3. The van der Waals surface area contributed by atoms with Gasteiger partial charge in [0.1, 0.15) is 0 Å². The van der Waals surface area contributed by atoms with Crippen LogP contribution in [0.25, 0.3) is 5.82 Å². The van der Waals surface area contributed by atoms with Crippen LogP contribution in [-0.2, 0) is 0 Å². The highest BCUT2D eigenvalue weighted by Gasteiger charge is 2.07. The van der Waals surface area contributed by atoms with Crippen molar-refractivity contribution >= 4 is 0 Å². The second-order valence-electron chi connectivity index (χ2n) is 4.42. The summed E-state index contributed by atoms with van der Waals surface area (Å²) < 4.78 is 2.11. The van der Waals surface area contributed by atoms with Gasteiger partial charge in [-0.1, -0.05) is 13.8 Å². The average Bonchev–Trinajstić information content (AvgIpc) is 2.59. The van der Waals surface area contributed by atoms with E-state index in [0.29, 0.717) is 5.92 Å². The van der Waals surface area contributed by atoms with Crippen molar-refractivity contribution in [3.05, 3.63) is 41.3 Å². The van der Waals surface area contributed by atoms with Gasteiger partial charge in [-0.25, -0.2) is 0 Å². The fraction of sp³-hybridized carbons (Fsp3) is 0.385. The van der Waals surface area contributed by atoms with E-state index in [-0.39, 0.29) is 0 Å². The second kappa shape index (κ2) is 4.08. The molecule has 3 heteroatoms. The Morgan fingerprint density at radius 3 is 2.00 bits per heavy atom. The Balaban J connectivity index is 2.42. The van der Waals surface area contributed by atoms with Crippen LogP contribution in [0.2, 0.25) is 0 Å². The minimum absolute atomic E-state index is 0.424. The van der Waals surface area contributed by atoms with Crippen LogP contribution in [0.3, 0.4) is 0 Å². The van der Waals surface area contributed by atoms with Gasteiger partial charge in [-0.05, 0) is 44.0 Å². The number of rotatable bonds is 2. The largest absolute Gasteiger partial charge is 0.302 e. The predicted octanol–water partition coefficient (Wildman–Crippen LogP) is 3.01. The topological polar surface area (TPSA) is 30.7 Å². The zero-order valence-corrected chi connectivity index (χ0v) is 10.2. The first-order valence-corrected chi connectivity index (χ1v) is 5.58. The zero-order valence-electron chi connectivity index (χ0n) is 10.2. The summed E-state index contributed by atoms with van der Waals surface area (Å²) in [5.74, 6) is 1.32. The third-order valence-corrected chi connectivity index (χ3v) is 2.76. The van der Waals surface area contributed by atoms with Crippen molar-refractivity contribution in [1.82, 2.24) is 14.8 Å². The van der Waals surface area contributed by atoms with E-state index in [1.54, 1.807) is 0 Å². The second-order valence-corrected chi connectivity index (χ2v) is 4.42. The van der Waals surface area contributed by atoms with E-state index >= 15 is 0 Å². The normalized spacial score (nSPS) is 11.1. The molecule has 0 fully saturated rings. The van der Waals surface area contributed by atoms with Crippen LogP contribution in [0.1, 0.15) is 36.8 Å². The quantitative estimate of drug-likeness (QED) is 0.771. The predicted molar refractivity (Wildman–Crippen MR) is 64.9 cm³/mol. The molecule has 0 atom stereocenters. The van der Waals surface area contributed by atoms with Gasteiger partial charge in [0.15, 0.2) is 5.82 Å². The van der Waals surface area contributed by atoms with E-state index in [9.17, 15) is 0 Å². The molecule has 0 unspecified atom stereocenters. The smallest absolute Gasteiger partial charge is 0.159 e. The molecule has 2 aromatic rings. The lowest BCUT2D eigenvalue weighted by Crippen LogP contribution is -2.04. The van der Waals surface area contributed by atoms with Gasteiger partial charge in [0.05, 0.1) is 5.69 Å². The van der Waals surface area contributed by atoms with Crippen molar-refractivity contribution in [3.63, 3.8) is 0 Å². The van der Waals surface area contributed by atoms with E-state index in [2.05, 4.69) is 54.6 Å². The maximum absolute atomic E-state index is 4.28. The number of nitrogens with zero attached hydrogens (tertiary/aromatic N) is 3. The summed E-state index contributed by atoms with van der Waals surface area (Å²) in [5, 5.41) is 8.52. The summed E-state index contributed by atoms with van der Waals surface area (Å²) >= 11 is 0. The molecule has 0 saturated carbocycles. The maximum Gasteiger partial charge on any atom is 0.159 e. The van der Waals surface area contributed by atoms with Crippen LogP contribution >= 0.6 is 0 Å². The molecule has 2 heterocycles. The van der Waals surface area contributed by atoms with Crippen molar-refractivity contribution in [2.45, 2.75) is 33.6 Å². The molecule has 84 valence electrons. The van der Waals surface area contributed by atoms with Gasteiger partial charge >= 0.3 is 0 Å². The Morgan fingerprint density at radius 2 is 1.56 bits per heavy atom. The summed E-state index contributed by atoms with van der Waals surface area (Å²) in [4.78, 5) is 0. The minimum Gasteiger partial charge on any atom is -0.302 e. The van der Waals surface area contributed by atoms with Gasteiger partial charge < -0.3 is 4.57 Å². The molecule has 0 bridgehead atoms. The fourth-order valence-corrected chi connectivity index (χ4v) is 1.79. The summed E-state index contributed by atoms with van der Waals surface area (Å²) in [7, 11) is 0. The van der Waals surface area contributed by atoms with Crippen LogP contribution < -0.4 is 0 Å². The lowest BCUT2D eigenvalue weighted by molar-refractivity contribution is 0.766. The summed E-state index contributed by atoms with van der Waals surface area (Å²) in [6, 6.07) is 8.26. The molecule has 3 nitrogen and oxygen atoms in total. The van der Waals surface area contributed by atoms with Crippen molar-refractivity contribution in [3.8, 4) is 5.82 Å². The fourth-order valence-electron chi connectivity index (χ4n) is 1.79. The van der Waals surface area contributed by atoms with Crippen LogP contribution in [0.5, 0.6) is 0 Å². The molecule has 0 N–H and O–H groups in total. The molecule has 0 saturated heterocycles. The van der Waals surface area contributed by atoms with Crippen LogP contribution in [0, 0.1) is 13.8 Å². The molecule has 0 amide bonds. The van der Waals surface area contributed by atoms with Gasteiger partial charge in [0.25, 0.3) is 0 Å². The molecule has 16 heavy (non-hydrogen) atoms. The molecule has 0 aliphatic rings. The average molecular weight is 215 g/mol. The zero-order chi connectivity index (χ0) is 11.7. The Bertz CT molecular complexity index is 461. The number of aromatic nitrogens is 3. The Kier molecular flexibility index (Phi) is 2.77. The first kappa shape index (κ1) is 10.9. The highest BCUT2D eigenvalue weighted by molar-refractivity contribution is 5.31. The highest BCUT2D eigenvalue weighted by atomic mass is 15.2. The maximum atomic E-state index is 4.28. The van der Waals surface area contributed by atoms with Crippen LogP contribution in [-0.4, -0.2) is 14.8 Å². The monoisotopic (exact) mass is 215 g/mol. The minimum atomic E-state index is 0.424. The first-order chi connectivity index (χ1) is 7.59. The van der Waals surface area contributed by atoms with E-state index in [1.807, 2.05) is 12.1 Å². The molecule has 0 aliphatic heterocycles. The first-order valence-electron chi connectivity index (χ1n) is 5.58. The summed E-state index contributed by atoms with van der Waals surface area (Å²) in [5.41, 5.74) is 3.40. The van der Waals surface area contributed by atoms with Crippen molar-refractivity contribution in [2.75, 3.05) is 0 Å². The SMILES string of the molecule is Cc1ccc(C)n1-c1ccc(C(C)C)nn1. The molecular weight excluding hydrogens is 198 g/mol. The Hall–Kier alpha value is -1.64. The number of hydrogen-bond donors (Lipinski definition) is 0. The highest BCUT2D eigenvalue weighted by Crippen LogP contribution is 2.15.